The number of benzene rings is 2. The van der Waals surface area contributed by atoms with Crippen molar-refractivity contribution in [3.8, 4) is 0 Å². The molecule has 3 rings (SSSR count). The summed E-state index contributed by atoms with van der Waals surface area (Å²) in [4.78, 5) is 14.0. The lowest BCUT2D eigenvalue weighted by Gasteiger charge is -2.34. The molecular formula is C19H17ClF3NO2. The number of alkyl halides is 3. The molecule has 0 aliphatic carbocycles. The van der Waals surface area contributed by atoms with Crippen molar-refractivity contribution in [1.82, 2.24) is 4.90 Å². The van der Waals surface area contributed by atoms with Gasteiger partial charge < -0.3 is 9.64 Å². The quantitative estimate of drug-likeness (QED) is 0.789. The molecule has 26 heavy (non-hydrogen) atoms. The number of hydrogen-bond acceptors (Lipinski definition) is 2. The molecule has 7 heteroatoms. The third kappa shape index (κ3) is 4.37. The van der Waals surface area contributed by atoms with Crippen molar-refractivity contribution < 1.29 is 22.7 Å². The highest BCUT2D eigenvalue weighted by atomic mass is 35.5. The normalized spacial score (nSPS) is 18.0. The molecular weight excluding hydrogens is 367 g/mol. The van der Waals surface area contributed by atoms with Gasteiger partial charge in [-0.15, -0.1) is 0 Å². The first kappa shape index (κ1) is 18.7. The van der Waals surface area contributed by atoms with Crippen molar-refractivity contribution >= 4 is 17.5 Å². The van der Waals surface area contributed by atoms with Gasteiger partial charge in [-0.05, 0) is 35.7 Å². The fourth-order valence-corrected chi connectivity index (χ4v) is 3.03. The maximum atomic E-state index is 12.9. The van der Waals surface area contributed by atoms with Crippen LogP contribution in [0.5, 0.6) is 0 Å². The largest absolute Gasteiger partial charge is 0.416 e. The van der Waals surface area contributed by atoms with Crippen molar-refractivity contribution in [2.24, 2.45) is 0 Å². The van der Waals surface area contributed by atoms with Crippen LogP contribution in [0.3, 0.4) is 0 Å². The number of nitrogens with zero attached hydrogens (tertiary/aromatic N) is 1. The summed E-state index contributed by atoms with van der Waals surface area (Å²) in [6, 6.07) is 14.2. The van der Waals surface area contributed by atoms with E-state index in [2.05, 4.69) is 0 Å². The van der Waals surface area contributed by atoms with Gasteiger partial charge in [0.15, 0.2) is 6.10 Å². The lowest BCUT2D eigenvalue weighted by atomic mass is 9.98. The fourth-order valence-electron chi connectivity index (χ4n) is 2.91. The second-order valence-corrected chi connectivity index (χ2v) is 6.55. The van der Waals surface area contributed by atoms with Gasteiger partial charge in [0.25, 0.3) is 5.91 Å². The summed E-state index contributed by atoms with van der Waals surface area (Å²) >= 11 is 5.88. The Bertz CT molecular complexity index is 777. The minimum Gasteiger partial charge on any atom is -0.365 e. The van der Waals surface area contributed by atoms with E-state index in [0.717, 1.165) is 11.1 Å². The molecule has 1 atom stereocenters. The zero-order chi connectivity index (χ0) is 18.7. The number of hydrogen-bond donors (Lipinski definition) is 0. The van der Waals surface area contributed by atoms with Crippen molar-refractivity contribution in [3.05, 3.63) is 70.2 Å². The summed E-state index contributed by atoms with van der Waals surface area (Å²) < 4.78 is 43.5. The average Bonchev–Trinajstić information content (AvgIpc) is 2.63. The number of halogens is 4. The molecule has 0 saturated carbocycles. The van der Waals surface area contributed by atoms with Crippen LogP contribution in [0.4, 0.5) is 13.2 Å². The molecule has 2 aromatic rings. The molecule has 2 aromatic carbocycles. The molecule has 1 heterocycles. The van der Waals surface area contributed by atoms with Crippen LogP contribution in [0.1, 0.15) is 21.5 Å². The SMILES string of the molecule is O=C(c1ccccc1Cc1ccc(Cl)cc1)N1CCOC(C(F)(F)F)C1. The predicted molar refractivity (Wildman–Crippen MR) is 92.4 cm³/mol. The number of rotatable bonds is 3. The Morgan fingerprint density at radius 2 is 1.85 bits per heavy atom. The van der Waals surface area contributed by atoms with E-state index >= 15 is 0 Å². The number of amides is 1. The maximum Gasteiger partial charge on any atom is 0.416 e. The monoisotopic (exact) mass is 383 g/mol. The first-order valence-corrected chi connectivity index (χ1v) is 8.52. The second-order valence-electron chi connectivity index (χ2n) is 6.11. The standard InChI is InChI=1S/C19H17ClF3NO2/c20-15-7-5-13(6-8-15)11-14-3-1-2-4-16(14)18(25)24-9-10-26-17(12-24)19(21,22)23/h1-8,17H,9-12H2. The third-order valence-corrected chi connectivity index (χ3v) is 4.53. The lowest BCUT2D eigenvalue weighted by molar-refractivity contribution is -0.233. The van der Waals surface area contributed by atoms with E-state index in [4.69, 9.17) is 16.3 Å². The Labute approximate surface area is 154 Å². The van der Waals surface area contributed by atoms with Crippen LogP contribution in [0.15, 0.2) is 48.5 Å². The second kappa shape index (κ2) is 7.68. The van der Waals surface area contributed by atoms with Crippen molar-refractivity contribution in [2.45, 2.75) is 18.7 Å². The van der Waals surface area contributed by atoms with E-state index in [9.17, 15) is 18.0 Å². The summed E-state index contributed by atoms with van der Waals surface area (Å²) in [7, 11) is 0. The van der Waals surface area contributed by atoms with Crippen LogP contribution in [-0.4, -0.2) is 42.8 Å². The van der Waals surface area contributed by atoms with E-state index in [1.54, 1.807) is 30.3 Å². The summed E-state index contributed by atoms with van der Waals surface area (Å²) in [6.45, 7) is -0.479. The molecule has 138 valence electrons. The van der Waals surface area contributed by atoms with E-state index < -0.39 is 24.7 Å². The van der Waals surface area contributed by atoms with Crippen LogP contribution in [-0.2, 0) is 11.2 Å². The summed E-state index contributed by atoms with van der Waals surface area (Å²) in [6.07, 6.45) is -5.93. The first-order chi connectivity index (χ1) is 12.3. The Morgan fingerprint density at radius 1 is 1.15 bits per heavy atom. The molecule has 1 fully saturated rings. The van der Waals surface area contributed by atoms with Crippen LogP contribution < -0.4 is 0 Å². The van der Waals surface area contributed by atoms with Crippen LogP contribution in [0.2, 0.25) is 5.02 Å². The average molecular weight is 384 g/mol. The van der Waals surface area contributed by atoms with Gasteiger partial charge in [-0.1, -0.05) is 41.9 Å². The number of morpholine rings is 1. The minimum atomic E-state index is -4.48. The Hall–Kier alpha value is -2.05. The molecule has 1 aliphatic heterocycles. The van der Waals surface area contributed by atoms with Crippen molar-refractivity contribution in [1.29, 1.82) is 0 Å². The van der Waals surface area contributed by atoms with Gasteiger partial charge in [0.1, 0.15) is 0 Å². The highest BCUT2D eigenvalue weighted by molar-refractivity contribution is 6.30. The number of carbonyl (C=O) groups is 1. The molecule has 1 saturated heterocycles. The molecule has 0 bridgehead atoms. The van der Waals surface area contributed by atoms with E-state index in [0.29, 0.717) is 17.0 Å². The molecule has 3 nitrogen and oxygen atoms in total. The van der Waals surface area contributed by atoms with E-state index in [1.807, 2.05) is 18.2 Å². The third-order valence-electron chi connectivity index (χ3n) is 4.27. The number of ether oxygens (including phenoxy) is 1. The van der Waals surface area contributed by atoms with Gasteiger partial charge in [-0.25, -0.2) is 0 Å². The fraction of sp³-hybridized carbons (Fsp3) is 0.316. The summed E-state index contributed by atoms with van der Waals surface area (Å²) in [5.41, 5.74) is 2.13. The molecule has 0 N–H and O–H groups in total. The van der Waals surface area contributed by atoms with E-state index in [-0.39, 0.29) is 13.2 Å². The molecule has 0 radical (unpaired) electrons. The lowest BCUT2D eigenvalue weighted by Crippen LogP contribution is -2.51. The van der Waals surface area contributed by atoms with Gasteiger partial charge in [-0.2, -0.15) is 13.2 Å². The molecule has 1 amide bonds. The maximum absolute atomic E-state index is 12.9. The molecule has 0 spiro atoms. The van der Waals surface area contributed by atoms with Gasteiger partial charge in [0.2, 0.25) is 0 Å². The van der Waals surface area contributed by atoms with Crippen LogP contribution in [0, 0.1) is 0 Å². The van der Waals surface area contributed by atoms with Crippen molar-refractivity contribution in [2.75, 3.05) is 19.7 Å². The van der Waals surface area contributed by atoms with E-state index in [1.165, 1.54) is 4.90 Å². The highest BCUT2D eigenvalue weighted by Crippen LogP contribution is 2.27. The molecule has 1 aliphatic rings. The molecule has 0 aromatic heterocycles. The molecule has 1 unspecified atom stereocenters. The Morgan fingerprint density at radius 3 is 2.54 bits per heavy atom. The Kier molecular flexibility index (Phi) is 5.53. The van der Waals surface area contributed by atoms with Crippen molar-refractivity contribution in [3.63, 3.8) is 0 Å². The van der Waals surface area contributed by atoms with Gasteiger partial charge in [0, 0.05) is 17.1 Å². The van der Waals surface area contributed by atoms with Crippen LogP contribution in [0.25, 0.3) is 0 Å². The van der Waals surface area contributed by atoms with Crippen LogP contribution >= 0.6 is 11.6 Å². The highest BCUT2D eigenvalue weighted by Gasteiger charge is 2.44. The summed E-state index contributed by atoms with van der Waals surface area (Å²) in [5, 5.41) is 0.615. The number of carbonyl (C=O) groups excluding carboxylic acids is 1. The topological polar surface area (TPSA) is 29.5 Å². The smallest absolute Gasteiger partial charge is 0.365 e. The first-order valence-electron chi connectivity index (χ1n) is 8.14. The predicted octanol–water partition coefficient (Wildman–Crippen LogP) is 4.33. The van der Waals surface area contributed by atoms with Gasteiger partial charge >= 0.3 is 6.18 Å². The zero-order valence-corrected chi connectivity index (χ0v) is 14.6. The van der Waals surface area contributed by atoms with Gasteiger partial charge in [0.05, 0.1) is 13.2 Å². The Balaban J connectivity index is 1.80. The van der Waals surface area contributed by atoms with Gasteiger partial charge in [-0.3, -0.25) is 4.79 Å². The summed E-state index contributed by atoms with van der Waals surface area (Å²) in [5.74, 6) is -0.410. The zero-order valence-electron chi connectivity index (χ0n) is 13.8. The minimum absolute atomic E-state index is 0.130.